The molecule has 2 bridgehead atoms. The van der Waals surface area contributed by atoms with Crippen molar-refractivity contribution in [3.8, 4) is 0 Å². The predicted molar refractivity (Wildman–Crippen MR) is 89.0 cm³/mol. The zero-order chi connectivity index (χ0) is 14.9. The molecule has 120 valence electrons. The van der Waals surface area contributed by atoms with Crippen molar-refractivity contribution in [2.24, 2.45) is 17.8 Å². The van der Waals surface area contributed by atoms with E-state index in [0.717, 1.165) is 43.2 Å². The molecule has 3 fully saturated rings. The van der Waals surface area contributed by atoms with Crippen LogP contribution in [0, 0.1) is 17.8 Å². The molecule has 1 aromatic rings. The SMILES string of the molecule is CCc1cnc(N2CCN(CC3CC4CCC3C4)CC2)nc1. The largest absolute Gasteiger partial charge is 0.338 e. The predicted octanol–water partition coefficient (Wildman–Crippen LogP) is 2.60. The maximum atomic E-state index is 4.53. The number of fused-ring (bicyclic) bond motifs is 2. The summed E-state index contributed by atoms with van der Waals surface area (Å²) >= 11 is 0. The van der Waals surface area contributed by atoms with E-state index >= 15 is 0 Å². The summed E-state index contributed by atoms with van der Waals surface area (Å²) in [6.07, 6.45) is 11.0. The molecule has 3 unspecified atom stereocenters. The Balaban J connectivity index is 1.28. The van der Waals surface area contributed by atoms with Crippen LogP contribution in [-0.2, 0) is 6.42 Å². The summed E-state index contributed by atoms with van der Waals surface area (Å²) in [6.45, 7) is 7.98. The molecule has 2 aliphatic carbocycles. The van der Waals surface area contributed by atoms with Crippen molar-refractivity contribution in [3.63, 3.8) is 0 Å². The first-order valence-corrected chi connectivity index (χ1v) is 9.10. The fraction of sp³-hybridized carbons (Fsp3) is 0.778. The van der Waals surface area contributed by atoms with Crippen molar-refractivity contribution in [2.75, 3.05) is 37.6 Å². The molecular weight excluding hydrogens is 272 g/mol. The molecule has 0 spiro atoms. The quantitative estimate of drug-likeness (QED) is 0.855. The van der Waals surface area contributed by atoms with Gasteiger partial charge in [0.1, 0.15) is 0 Å². The van der Waals surface area contributed by atoms with E-state index in [1.54, 1.807) is 0 Å². The summed E-state index contributed by atoms with van der Waals surface area (Å²) in [5, 5.41) is 0. The molecule has 1 aromatic heterocycles. The van der Waals surface area contributed by atoms with E-state index in [2.05, 4.69) is 26.7 Å². The monoisotopic (exact) mass is 300 g/mol. The highest BCUT2D eigenvalue weighted by molar-refractivity contribution is 5.30. The lowest BCUT2D eigenvalue weighted by Gasteiger charge is -2.37. The highest BCUT2D eigenvalue weighted by Gasteiger charge is 2.40. The maximum Gasteiger partial charge on any atom is 0.225 e. The Bertz CT molecular complexity index is 492. The number of hydrogen-bond donors (Lipinski definition) is 0. The van der Waals surface area contributed by atoms with Crippen LogP contribution in [0.3, 0.4) is 0 Å². The van der Waals surface area contributed by atoms with Crippen molar-refractivity contribution >= 4 is 5.95 Å². The molecule has 0 N–H and O–H groups in total. The Morgan fingerprint density at radius 1 is 1.05 bits per heavy atom. The molecule has 0 amide bonds. The van der Waals surface area contributed by atoms with Crippen LogP contribution >= 0.6 is 0 Å². The minimum atomic E-state index is 0.914. The molecule has 4 rings (SSSR count). The van der Waals surface area contributed by atoms with E-state index in [4.69, 9.17) is 0 Å². The fourth-order valence-electron chi connectivity index (χ4n) is 4.76. The van der Waals surface area contributed by atoms with Crippen molar-refractivity contribution in [1.29, 1.82) is 0 Å². The number of anilines is 1. The Hall–Kier alpha value is -1.16. The van der Waals surface area contributed by atoms with Crippen molar-refractivity contribution in [3.05, 3.63) is 18.0 Å². The summed E-state index contributed by atoms with van der Waals surface area (Å²) in [4.78, 5) is 14.1. The van der Waals surface area contributed by atoms with Crippen LogP contribution in [0.4, 0.5) is 5.95 Å². The lowest BCUT2D eigenvalue weighted by atomic mass is 9.88. The van der Waals surface area contributed by atoms with Gasteiger partial charge in [-0.25, -0.2) is 9.97 Å². The van der Waals surface area contributed by atoms with E-state index in [0.29, 0.717) is 0 Å². The molecule has 1 saturated heterocycles. The Labute approximate surface area is 133 Å². The number of nitrogens with zero attached hydrogens (tertiary/aromatic N) is 4. The van der Waals surface area contributed by atoms with Gasteiger partial charge in [-0.3, -0.25) is 4.90 Å². The molecule has 4 heteroatoms. The van der Waals surface area contributed by atoms with Crippen LogP contribution in [0.2, 0.25) is 0 Å². The van der Waals surface area contributed by atoms with Gasteiger partial charge in [0, 0.05) is 45.1 Å². The van der Waals surface area contributed by atoms with E-state index < -0.39 is 0 Å². The first kappa shape index (κ1) is 14.4. The number of rotatable bonds is 4. The molecule has 0 aromatic carbocycles. The molecule has 3 atom stereocenters. The summed E-state index contributed by atoms with van der Waals surface area (Å²) in [5.41, 5.74) is 1.22. The third-order valence-corrected chi connectivity index (χ3v) is 6.13. The molecule has 22 heavy (non-hydrogen) atoms. The summed E-state index contributed by atoms with van der Waals surface area (Å²) < 4.78 is 0. The average molecular weight is 300 g/mol. The average Bonchev–Trinajstić information content (AvgIpc) is 3.19. The van der Waals surface area contributed by atoms with E-state index in [1.807, 2.05) is 12.4 Å². The van der Waals surface area contributed by atoms with Gasteiger partial charge in [0.15, 0.2) is 0 Å². The third kappa shape index (κ3) is 2.85. The normalized spacial score (nSPS) is 31.9. The summed E-state index contributed by atoms with van der Waals surface area (Å²) in [6, 6.07) is 0. The van der Waals surface area contributed by atoms with Crippen LogP contribution in [0.15, 0.2) is 12.4 Å². The van der Waals surface area contributed by atoms with Gasteiger partial charge in [0.2, 0.25) is 5.95 Å². The second-order valence-corrected chi connectivity index (χ2v) is 7.47. The van der Waals surface area contributed by atoms with Gasteiger partial charge in [-0.1, -0.05) is 13.3 Å². The van der Waals surface area contributed by atoms with Crippen LogP contribution < -0.4 is 4.90 Å². The summed E-state index contributed by atoms with van der Waals surface area (Å²) in [7, 11) is 0. The minimum absolute atomic E-state index is 0.914. The lowest BCUT2D eigenvalue weighted by Crippen LogP contribution is -2.48. The second-order valence-electron chi connectivity index (χ2n) is 7.47. The molecule has 0 radical (unpaired) electrons. The molecule has 2 saturated carbocycles. The van der Waals surface area contributed by atoms with E-state index in [1.165, 1.54) is 50.9 Å². The Morgan fingerprint density at radius 2 is 1.82 bits per heavy atom. The van der Waals surface area contributed by atoms with Crippen molar-refractivity contribution in [1.82, 2.24) is 14.9 Å². The van der Waals surface area contributed by atoms with Gasteiger partial charge in [-0.2, -0.15) is 0 Å². The zero-order valence-electron chi connectivity index (χ0n) is 13.7. The zero-order valence-corrected chi connectivity index (χ0v) is 13.7. The molecule has 3 aliphatic rings. The Morgan fingerprint density at radius 3 is 2.41 bits per heavy atom. The first-order valence-electron chi connectivity index (χ1n) is 9.10. The first-order chi connectivity index (χ1) is 10.8. The van der Waals surface area contributed by atoms with Crippen LogP contribution in [0.1, 0.15) is 38.2 Å². The van der Waals surface area contributed by atoms with Gasteiger partial charge in [0.05, 0.1) is 0 Å². The van der Waals surface area contributed by atoms with Gasteiger partial charge in [0.25, 0.3) is 0 Å². The van der Waals surface area contributed by atoms with Crippen molar-refractivity contribution in [2.45, 2.75) is 39.0 Å². The van der Waals surface area contributed by atoms with Gasteiger partial charge in [-0.05, 0) is 49.0 Å². The number of piperazine rings is 1. The molecule has 4 nitrogen and oxygen atoms in total. The van der Waals surface area contributed by atoms with E-state index in [-0.39, 0.29) is 0 Å². The van der Waals surface area contributed by atoms with Crippen molar-refractivity contribution < 1.29 is 0 Å². The van der Waals surface area contributed by atoms with Gasteiger partial charge < -0.3 is 4.90 Å². The molecule has 1 aliphatic heterocycles. The topological polar surface area (TPSA) is 32.3 Å². The third-order valence-electron chi connectivity index (χ3n) is 6.13. The molecule has 2 heterocycles. The van der Waals surface area contributed by atoms with Gasteiger partial charge >= 0.3 is 0 Å². The van der Waals surface area contributed by atoms with Crippen LogP contribution in [-0.4, -0.2) is 47.6 Å². The summed E-state index contributed by atoms with van der Waals surface area (Å²) in [5.74, 6) is 4.02. The minimum Gasteiger partial charge on any atom is -0.338 e. The lowest BCUT2D eigenvalue weighted by molar-refractivity contribution is 0.181. The fourth-order valence-corrected chi connectivity index (χ4v) is 4.76. The second kappa shape index (κ2) is 6.15. The van der Waals surface area contributed by atoms with Gasteiger partial charge in [-0.15, -0.1) is 0 Å². The number of aromatic nitrogens is 2. The highest BCUT2D eigenvalue weighted by atomic mass is 15.3. The maximum absolute atomic E-state index is 4.53. The standard InChI is InChI=1S/C18H28N4/c1-2-14-11-19-18(20-12-14)22-7-5-21(6-8-22)13-17-10-15-3-4-16(17)9-15/h11-12,15-17H,2-10,13H2,1H3. The number of aryl methyl sites for hydroxylation is 1. The van der Waals surface area contributed by atoms with Crippen LogP contribution in [0.5, 0.6) is 0 Å². The van der Waals surface area contributed by atoms with Crippen LogP contribution in [0.25, 0.3) is 0 Å². The Kier molecular flexibility index (Phi) is 4.03. The smallest absolute Gasteiger partial charge is 0.225 e. The van der Waals surface area contributed by atoms with E-state index in [9.17, 15) is 0 Å². The molecular formula is C18H28N4. The number of hydrogen-bond acceptors (Lipinski definition) is 4. The highest BCUT2D eigenvalue weighted by Crippen LogP contribution is 2.48.